The second kappa shape index (κ2) is 5.72. The number of halogens is 1. The molecule has 0 aromatic carbocycles. The molecule has 0 spiro atoms. The summed E-state index contributed by atoms with van der Waals surface area (Å²) in [4.78, 5) is 4.65. The first-order valence-corrected chi connectivity index (χ1v) is 6.76. The van der Waals surface area contributed by atoms with Crippen LogP contribution in [0.2, 0.25) is 5.02 Å². The molecule has 0 amide bonds. The van der Waals surface area contributed by atoms with Gasteiger partial charge in [0.2, 0.25) is 0 Å². The van der Waals surface area contributed by atoms with Gasteiger partial charge in [-0.05, 0) is 37.6 Å². The summed E-state index contributed by atoms with van der Waals surface area (Å²) in [6, 6.07) is 4.16. The van der Waals surface area contributed by atoms with Crippen molar-refractivity contribution < 1.29 is 0 Å². The number of aromatic nitrogens is 3. The van der Waals surface area contributed by atoms with Gasteiger partial charge < -0.3 is 5.32 Å². The number of nitrogens with zero attached hydrogens (tertiary/aromatic N) is 3. The van der Waals surface area contributed by atoms with Crippen LogP contribution in [0.5, 0.6) is 0 Å². The van der Waals surface area contributed by atoms with E-state index in [1.807, 2.05) is 20.0 Å². The highest BCUT2D eigenvalue weighted by atomic mass is 35.5. The molecule has 0 atom stereocenters. The fourth-order valence-electron chi connectivity index (χ4n) is 1.87. The number of hydrogen-bond donors (Lipinski definition) is 1. The molecule has 2 heterocycles. The van der Waals surface area contributed by atoms with E-state index in [1.54, 1.807) is 10.9 Å². The lowest BCUT2D eigenvalue weighted by atomic mass is 10.1. The molecular weight excluding hydrogens is 260 g/mol. The van der Waals surface area contributed by atoms with Crippen molar-refractivity contribution in [2.75, 3.05) is 7.05 Å². The monoisotopic (exact) mass is 278 g/mol. The summed E-state index contributed by atoms with van der Waals surface area (Å²) >= 11 is 6.06. The molecule has 2 aromatic rings. The van der Waals surface area contributed by atoms with E-state index in [0.29, 0.717) is 10.9 Å². The first-order valence-electron chi connectivity index (χ1n) is 6.39. The quantitative estimate of drug-likeness (QED) is 0.935. The van der Waals surface area contributed by atoms with E-state index in [9.17, 15) is 0 Å². The number of nitrogens with one attached hydrogen (secondary N) is 1. The van der Waals surface area contributed by atoms with Crippen LogP contribution in [-0.4, -0.2) is 21.8 Å². The highest BCUT2D eigenvalue weighted by molar-refractivity contribution is 6.31. The van der Waals surface area contributed by atoms with E-state index in [-0.39, 0.29) is 0 Å². The largest absolute Gasteiger partial charge is 0.316 e. The molecule has 1 N–H and O–H groups in total. The summed E-state index contributed by atoms with van der Waals surface area (Å²) < 4.78 is 1.74. The molecule has 0 aliphatic heterocycles. The summed E-state index contributed by atoms with van der Waals surface area (Å²) in [5, 5.41) is 8.21. The first kappa shape index (κ1) is 14.0. The molecule has 4 nitrogen and oxygen atoms in total. The van der Waals surface area contributed by atoms with Gasteiger partial charge in [-0.1, -0.05) is 25.4 Å². The van der Waals surface area contributed by atoms with Gasteiger partial charge in [-0.2, -0.15) is 5.10 Å². The van der Waals surface area contributed by atoms with Crippen LogP contribution < -0.4 is 5.32 Å². The van der Waals surface area contributed by atoms with Gasteiger partial charge in [0, 0.05) is 12.2 Å². The van der Waals surface area contributed by atoms with Crippen LogP contribution in [0, 0.1) is 6.92 Å². The zero-order valence-corrected chi connectivity index (χ0v) is 12.5. The van der Waals surface area contributed by atoms with Gasteiger partial charge in [0.25, 0.3) is 0 Å². The van der Waals surface area contributed by atoms with Crippen molar-refractivity contribution in [1.29, 1.82) is 0 Å². The lowest BCUT2D eigenvalue weighted by molar-refractivity contribution is 0.758. The maximum atomic E-state index is 6.06. The summed E-state index contributed by atoms with van der Waals surface area (Å²) in [6.45, 7) is 6.97. The molecule has 0 unspecified atom stereocenters. The molecule has 0 bridgehead atoms. The molecule has 0 radical (unpaired) electrons. The zero-order chi connectivity index (χ0) is 14.0. The SMILES string of the molecule is CNCc1cc(C(C)C)nc(-n2cc(Cl)c(C)n2)c1. The Morgan fingerprint density at radius 2 is 2.11 bits per heavy atom. The van der Waals surface area contributed by atoms with Crippen LogP contribution in [0.4, 0.5) is 0 Å². The van der Waals surface area contributed by atoms with Crippen molar-refractivity contribution in [2.24, 2.45) is 0 Å². The Bertz CT molecular complexity index is 555. The Morgan fingerprint density at radius 1 is 1.37 bits per heavy atom. The van der Waals surface area contributed by atoms with Crippen molar-refractivity contribution >= 4 is 11.6 Å². The second-order valence-electron chi connectivity index (χ2n) is 4.95. The number of pyridine rings is 1. The molecule has 0 saturated carbocycles. The van der Waals surface area contributed by atoms with Gasteiger partial charge in [-0.3, -0.25) is 0 Å². The van der Waals surface area contributed by atoms with Gasteiger partial charge in [0.05, 0.1) is 16.9 Å². The fourth-order valence-corrected chi connectivity index (χ4v) is 2.00. The minimum Gasteiger partial charge on any atom is -0.316 e. The van der Waals surface area contributed by atoms with Gasteiger partial charge in [0.15, 0.2) is 5.82 Å². The van der Waals surface area contributed by atoms with Crippen LogP contribution in [0.1, 0.15) is 36.7 Å². The van der Waals surface area contributed by atoms with E-state index in [4.69, 9.17) is 11.6 Å². The third kappa shape index (κ3) is 3.14. The Balaban J connectivity index is 2.49. The third-order valence-electron chi connectivity index (χ3n) is 2.94. The summed E-state index contributed by atoms with van der Waals surface area (Å²) in [6.07, 6.45) is 1.80. The number of hydrogen-bond acceptors (Lipinski definition) is 3. The van der Waals surface area contributed by atoms with Gasteiger partial charge in [0.1, 0.15) is 0 Å². The van der Waals surface area contributed by atoms with Crippen LogP contribution in [-0.2, 0) is 6.54 Å². The summed E-state index contributed by atoms with van der Waals surface area (Å²) in [5.41, 5.74) is 3.07. The van der Waals surface area contributed by atoms with Gasteiger partial charge in [-0.25, -0.2) is 9.67 Å². The first-order chi connectivity index (χ1) is 9.01. The van der Waals surface area contributed by atoms with Gasteiger partial charge >= 0.3 is 0 Å². The Hall–Kier alpha value is -1.39. The van der Waals surface area contributed by atoms with Crippen LogP contribution >= 0.6 is 11.6 Å². The molecule has 102 valence electrons. The van der Waals surface area contributed by atoms with Crippen LogP contribution in [0.25, 0.3) is 5.82 Å². The van der Waals surface area contributed by atoms with Crippen LogP contribution in [0.15, 0.2) is 18.3 Å². The van der Waals surface area contributed by atoms with E-state index >= 15 is 0 Å². The average molecular weight is 279 g/mol. The smallest absolute Gasteiger partial charge is 0.153 e. The lowest BCUT2D eigenvalue weighted by Crippen LogP contribution is -2.09. The highest BCUT2D eigenvalue weighted by Gasteiger charge is 2.10. The Labute approximate surface area is 118 Å². The maximum absolute atomic E-state index is 6.06. The summed E-state index contributed by atoms with van der Waals surface area (Å²) in [5.74, 6) is 1.19. The molecule has 19 heavy (non-hydrogen) atoms. The predicted molar refractivity (Wildman–Crippen MR) is 78.0 cm³/mol. The number of rotatable bonds is 4. The molecule has 5 heteroatoms. The fraction of sp³-hybridized carbons (Fsp3) is 0.429. The van der Waals surface area contributed by atoms with Gasteiger partial charge in [-0.15, -0.1) is 0 Å². The van der Waals surface area contributed by atoms with Crippen LogP contribution in [0.3, 0.4) is 0 Å². The Kier molecular flexibility index (Phi) is 4.22. The standard InChI is InChI=1S/C14H19ClN4/c1-9(2)13-5-11(7-16-4)6-14(17-13)19-8-12(15)10(3)18-19/h5-6,8-9,16H,7H2,1-4H3. The maximum Gasteiger partial charge on any atom is 0.153 e. The molecule has 0 aliphatic rings. The molecule has 2 rings (SSSR count). The third-order valence-corrected chi connectivity index (χ3v) is 3.31. The molecular formula is C14H19ClN4. The number of aryl methyl sites for hydroxylation is 1. The average Bonchev–Trinajstić information content (AvgIpc) is 2.70. The lowest BCUT2D eigenvalue weighted by Gasteiger charge is -2.11. The second-order valence-corrected chi connectivity index (χ2v) is 5.36. The minimum absolute atomic E-state index is 0.377. The molecule has 0 fully saturated rings. The van der Waals surface area contributed by atoms with E-state index in [1.165, 1.54) is 5.56 Å². The predicted octanol–water partition coefficient (Wildman–Crippen LogP) is 3.07. The highest BCUT2D eigenvalue weighted by Crippen LogP contribution is 2.19. The molecule has 2 aromatic heterocycles. The van der Waals surface area contributed by atoms with Crippen molar-refractivity contribution in [3.63, 3.8) is 0 Å². The Morgan fingerprint density at radius 3 is 2.63 bits per heavy atom. The van der Waals surface area contributed by atoms with Crippen molar-refractivity contribution in [2.45, 2.75) is 33.2 Å². The van der Waals surface area contributed by atoms with E-state index in [2.05, 4.69) is 35.3 Å². The molecule has 0 aliphatic carbocycles. The van der Waals surface area contributed by atoms with Crippen molar-refractivity contribution in [3.05, 3.63) is 40.3 Å². The topological polar surface area (TPSA) is 42.7 Å². The normalized spacial score (nSPS) is 11.3. The van der Waals surface area contributed by atoms with Crippen molar-refractivity contribution in [3.8, 4) is 5.82 Å². The molecule has 0 saturated heterocycles. The van der Waals surface area contributed by atoms with Crippen molar-refractivity contribution in [1.82, 2.24) is 20.1 Å². The van der Waals surface area contributed by atoms with E-state index < -0.39 is 0 Å². The summed E-state index contributed by atoms with van der Waals surface area (Å²) in [7, 11) is 1.93. The minimum atomic E-state index is 0.377. The van der Waals surface area contributed by atoms with E-state index in [0.717, 1.165) is 23.8 Å². The zero-order valence-electron chi connectivity index (χ0n) is 11.7.